The summed E-state index contributed by atoms with van der Waals surface area (Å²) in [5, 5.41) is 19.7. The highest BCUT2D eigenvalue weighted by Crippen LogP contribution is 2.35. The smallest absolute Gasteiger partial charge is 0.279 e. The van der Waals surface area contributed by atoms with Gasteiger partial charge in [0.15, 0.2) is 0 Å². The van der Waals surface area contributed by atoms with E-state index in [4.69, 9.17) is 9.15 Å². The molecule has 8 heteroatoms. The van der Waals surface area contributed by atoms with E-state index in [9.17, 15) is 10.1 Å². The van der Waals surface area contributed by atoms with Gasteiger partial charge in [-0.2, -0.15) is 0 Å². The van der Waals surface area contributed by atoms with Gasteiger partial charge in [-0.1, -0.05) is 6.07 Å². The van der Waals surface area contributed by atoms with Crippen molar-refractivity contribution in [3.05, 3.63) is 71.4 Å². The van der Waals surface area contributed by atoms with Crippen LogP contribution >= 0.6 is 0 Å². The first-order chi connectivity index (χ1) is 12.2. The van der Waals surface area contributed by atoms with Crippen molar-refractivity contribution < 1.29 is 14.1 Å². The Kier molecular flexibility index (Phi) is 3.55. The maximum Gasteiger partial charge on any atom is 0.279 e. The van der Waals surface area contributed by atoms with Gasteiger partial charge >= 0.3 is 0 Å². The van der Waals surface area contributed by atoms with E-state index in [2.05, 4.69) is 15.2 Å². The summed E-state index contributed by atoms with van der Waals surface area (Å²) in [5.41, 5.74) is 0.693. The third-order valence-electron chi connectivity index (χ3n) is 3.62. The lowest BCUT2D eigenvalue weighted by Gasteiger charge is -2.09. The molecule has 0 saturated carbocycles. The molecular formula is C17H10N4O4. The van der Waals surface area contributed by atoms with Crippen LogP contribution in [0, 0.1) is 10.1 Å². The molecule has 4 rings (SSSR count). The Labute approximate surface area is 140 Å². The SMILES string of the molecule is O=[N+]([O-])c1ccc(Oc2cccc(-c3nnco3)c2)c2ccncc12. The first kappa shape index (κ1) is 14.8. The molecule has 0 aliphatic carbocycles. The second kappa shape index (κ2) is 6.00. The van der Waals surface area contributed by atoms with E-state index in [0.717, 1.165) is 0 Å². The molecule has 2 aromatic carbocycles. The van der Waals surface area contributed by atoms with Crippen molar-refractivity contribution in [1.29, 1.82) is 0 Å². The molecule has 0 unspecified atom stereocenters. The Hall–Kier alpha value is -3.81. The molecule has 0 atom stereocenters. The molecule has 0 fully saturated rings. The molecule has 0 radical (unpaired) electrons. The summed E-state index contributed by atoms with van der Waals surface area (Å²) in [5.74, 6) is 1.41. The largest absolute Gasteiger partial charge is 0.457 e. The Morgan fingerprint density at radius 2 is 2.04 bits per heavy atom. The van der Waals surface area contributed by atoms with Gasteiger partial charge in [0.05, 0.1) is 10.3 Å². The number of benzene rings is 2. The number of non-ortho nitro benzene ring substituents is 1. The summed E-state index contributed by atoms with van der Waals surface area (Å²) in [7, 11) is 0. The Bertz CT molecular complexity index is 1060. The van der Waals surface area contributed by atoms with Gasteiger partial charge in [0.2, 0.25) is 12.3 Å². The summed E-state index contributed by atoms with van der Waals surface area (Å²) in [6.45, 7) is 0. The van der Waals surface area contributed by atoms with Crippen molar-refractivity contribution in [2.45, 2.75) is 0 Å². The number of nitro benzene ring substituents is 1. The fraction of sp³-hybridized carbons (Fsp3) is 0. The molecule has 2 aromatic heterocycles. The van der Waals surface area contributed by atoms with Crippen LogP contribution in [0.4, 0.5) is 5.69 Å². The van der Waals surface area contributed by atoms with Crippen molar-refractivity contribution in [1.82, 2.24) is 15.2 Å². The number of nitrogens with zero attached hydrogens (tertiary/aromatic N) is 4. The standard InChI is InChI=1S/C17H10N4O4/c22-21(23)15-4-5-16(13-6-7-18-9-14(13)15)25-12-3-1-2-11(8-12)17-20-19-10-24-17/h1-10H. The zero-order chi connectivity index (χ0) is 17.2. The average Bonchev–Trinajstić information content (AvgIpc) is 3.17. The van der Waals surface area contributed by atoms with Crippen molar-refractivity contribution >= 4 is 16.5 Å². The van der Waals surface area contributed by atoms with Crippen LogP contribution in [0.3, 0.4) is 0 Å². The summed E-state index contributed by atoms with van der Waals surface area (Å²) in [4.78, 5) is 14.7. The molecule has 0 aliphatic heterocycles. The molecule has 2 heterocycles. The van der Waals surface area contributed by atoms with Crippen LogP contribution < -0.4 is 4.74 Å². The summed E-state index contributed by atoms with van der Waals surface area (Å²) in [6, 6.07) is 11.8. The summed E-state index contributed by atoms with van der Waals surface area (Å²) < 4.78 is 11.1. The highest BCUT2D eigenvalue weighted by molar-refractivity contribution is 5.94. The van der Waals surface area contributed by atoms with Gasteiger partial charge < -0.3 is 9.15 Å². The molecule has 0 saturated heterocycles. The van der Waals surface area contributed by atoms with Crippen molar-refractivity contribution in [3.8, 4) is 23.0 Å². The number of hydrogen-bond donors (Lipinski definition) is 0. The number of fused-ring (bicyclic) bond motifs is 1. The van der Waals surface area contributed by atoms with Crippen molar-refractivity contribution in [2.24, 2.45) is 0 Å². The number of ether oxygens (including phenoxy) is 1. The lowest BCUT2D eigenvalue weighted by molar-refractivity contribution is -0.383. The van der Waals surface area contributed by atoms with Gasteiger partial charge in [0.1, 0.15) is 11.5 Å². The molecule has 0 bridgehead atoms. The Balaban J connectivity index is 1.76. The highest BCUT2D eigenvalue weighted by Gasteiger charge is 2.15. The normalized spacial score (nSPS) is 10.7. The van der Waals surface area contributed by atoms with Gasteiger partial charge in [-0.25, -0.2) is 0 Å². The first-order valence-electron chi connectivity index (χ1n) is 7.28. The van der Waals surface area contributed by atoms with Gasteiger partial charge in [-0.3, -0.25) is 15.1 Å². The van der Waals surface area contributed by atoms with Gasteiger partial charge in [-0.05, 0) is 30.3 Å². The minimum absolute atomic E-state index is 0.0185. The Morgan fingerprint density at radius 1 is 1.12 bits per heavy atom. The van der Waals surface area contributed by atoms with E-state index < -0.39 is 4.92 Å². The zero-order valence-corrected chi connectivity index (χ0v) is 12.7. The average molecular weight is 334 g/mol. The third kappa shape index (κ3) is 2.76. The molecule has 0 aliphatic rings. The van der Waals surface area contributed by atoms with Crippen LogP contribution in [0.2, 0.25) is 0 Å². The topological polar surface area (TPSA) is 104 Å². The summed E-state index contributed by atoms with van der Waals surface area (Å²) >= 11 is 0. The van der Waals surface area contributed by atoms with Crippen LogP contribution in [0.5, 0.6) is 11.5 Å². The van der Waals surface area contributed by atoms with E-state index in [1.165, 1.54) is 18.7 Å². The predicted molar refractivity (Wildman–Crippen MR) is 88.2 cm³/mol. The molecule has 0 amide bonds. The molecule has 0 spiro atoms. The number of aromatic nitrogens is 3. The second-order valence-electron chi connectivity index (χ2n) is 5.13. The maximum atomic E-state index is 11.2. The van der Waals surface area contributed by atoms with Gasteiger partial charge in [-0.15, -0.1) is 10.2 Å². The quantitative estimate of drug-likeness (QED) is 0.410. The molecule has 0 N–H and O–H groups in total. The van der Waals surface area contributed by atoms with E-state index >= 15 is 0 Å². The number of rotatable bonds is 4. The fourth-order valence-corrected chi connectivity index (χ4v) is 2.51. The van der Waals surface area contributed by atoms with Crippen LogP contribution in [-0.4, -0.2) is 20.1 Å². The fourth-order valence-electron chi connectivity index (χ4n) is 2.51. The van der Waals surface area contributed by atoms with E-state index in [-0.39, 0.29) is 5.69 Å². The van der Waals surface area contributed by atoms with Crippen molar-refractivity contribution in [3.63, 3.8) is 0 Å². The second-order valence-corrected chi connectivity index (χ2v) is 5.13. The molecule has 25 heavy (non-hydrogen) atoms. The van der Waals surface area contributed by atoms with Crippen molar-refractivity contribution in [2.75, 3.05) is 0 Å². The number of pyridine rings is 1. The van der Waals surface area contributed by atoms with Gasteiger partial charge in [0.25, 0.3) is 5.69 Å². The van der Waals surface area contributed by atoms with Crippen LogP contribution in [0.25, 0.3) is 22.2 Å². The van der Waals surface area contributed by atoms with E-state index in [1.807, 2.05) is 6.07 Å². The minimum atomic E-state index is -0.440. The lowest BCUT2D eigenvalue weighted by Crippen LogP contribution is -1.93. The van der Waals surface area contributed by atoms with Crippen LogP contribution in [-0.2, 0) is 0 Å². The highest BCUT2D eigenvalue weighted by atomic mass is 16.6. The first-order valence-corrected chi connectivity index (χ1v) is 7.28. The molecule has 4 aromatic rings. The predicted octanol–water partition coefficient (Wildman–Crippen LogP) is 3.99. The van der Waals surface area contributed by atoms with E-state index in [1.54, 1.807) is 36.5 Å². The number of hydrogen-bond acceptors (Lipinski definition) is 7. The molecule has 122 valence electrons. The van der Waals surface area contributed by atoms with Gasteiger partial charge in [0, 0.05) is 29.4 Å². The van der Waals surface area contributed by atoms with Crippen LogP contribution in [0.15, 0.2) is 65.7 Å². The third-order valence-corrected chi connectivity index (χ3v) is 3.62. The zero-order valence-electron chi connectivity index (χ0n) is 12.7. The Morgan fingerprint density at radius 3 is 2.84 bits per heavy atom. The number of nitro groups is 1. The minimum Gasteiger partial charge on any atom is -0.457 e. The maximum absolute atomic E-state index is 11.2. The molecular weight excluding hydrogens is 324 g/mol. The van der Waals surface area contributed by atoms with E-state index in [0.29, 0.717) is 33.7 Å². The molecule has 8 nitrogen and oxygen atoms in total. The lowest BCUT2D eigenvalue weighted by atomic mass is 10.1. The monoisotopic (exact) mass is 334 g/mol. The van der Waals surface area contributed by atoms with Crippen LogP contribution in [0.1, 0.15) is 0 Å². The summed E-state index contributed by atoms with van der Waals surface area (Å²) in [6.07, 6.45) is 4.27.